The Labute approximate surface area is 211 Å². The van der Waals surface area contributed by atoms with Gasteiger partial charge in [-0.1, -0.05) is 26.0 Å². The van der Waals surface area contributed by atoms with E-state index in [0.717, 1.165) is 12.0 Å². The van der Waals surface area contributed by atoms with Crippen molar-refractivity contribution < 1.29 is 28.6 Å². The number of para-hydroxylation sites is 1. The molecule has 1 aromatic rings. The first-order chi connectivity index (χ1) is 16.5. The van der Waals surface area contributed by atoms with E-state index >= 15 is 0 Å². The van der Waals surface area contributed by atoms with Crippen LogP contribution in [0.15, 0.2) is 23.1 Å². The number of likely N-dealkylation sites (tertiary alicyclic amines) is 1. The van der Waals surface area contributed by atoms with Gasteiger partial charge in [0.05, 0.1) is 5.69 Å². The lowest BCUT2D eigenvalue weighted by Crippen LogP contribution is -2.56. The van der Waals surface area contributed by atoms with Gasteiger partial charge in [0.1, 0.15) is 17.0 Å². The van der Waals surface area contributed by atoms with E-state index in [-0.39, 0.29) is 41.8 Å². The number of carboxylic acid groups (broad SMARTS) is 1. The van der Waals surface area contributed by atoms with Crippen LogP contribution >= 0.6 is 0 Å². The molecule has 1 amide bonds. The van der Waals surface area contributed by atoms with Crippen molar-refractivity contribution in [2.45, 2.75) is 62.9 Å². The van der Waals surface area contributed by atoms with Crippen LogP contribution in [-0.4, -0.2) is 73.5 Å². The third-order valence-corrected chi connectivity index (χ3v) is 8.13. The lowest BCUT2D eigenvalue weighted by atomic mass is 9.91. The van der Waals surface area contributed by atoms with Gasteiger partial charge in [-0.05, 0) is 55.6 Å². The normalized spacial score (nSPS) is 22.4. The van der Waals surface area contributed by atoms with Crippen molar-refractivity contribution in [1.29, 1.82) is 5.41 Å². The molecule has 3 rings (SSSR count). The summed E-state index contributed by atoms with van der Waals surface area (Å²) in [7, 11) is -4.10. The summed E-state index contributed by atoms with van der Waals surface area (Å²) in [4.78, 5) is 26.8. The molecular weight excluding hydrogens is 488 g/mol. The molecule has 0 saturated carbocycles. The van der Waals surface area contributed by atoms with Crippen LogP contribution in [-0.2, 0) is 26.0 Å². The molecule has 0 radical (unpaired) electrons. The second kappa shape index (κ2) is 12.4. The molecule has 0 aliphatic carbocycles. The first kappa shape index (κ1) is 29.3. The van der Waals surface area contributed by atoms with Gasteiger partial charge in [-0.3, -0.25) is 10.2 Å². The number of guanidine groups is 1. The predicted molar refractivity (Wildman–Crippen MR) is 136 cm³/mol. The number of nitrogens with zero attached hydrogens (tertiary/aromatic N) is 1. The molecule has 0 bridgehead atoms. The Bertz CT molecular complexity index is 1070. The Kier molecular flexibility index (Phi) is 10.1. The van der Waals surface area contributed by atoms with Crippen molar-refractivity contribution in [3.05, 3.63) is 23.8 Å². The van der Waals surface area contributed by atoms with Gasteiger partial charge in [0.2, 0.25) is 15.9 Å². The fourth-order valence-electron chi connectivity index (χ4n) is 4.75. The molecule has 1 saturated heterocycles. The molecule has 202 valence electrons. The highest BCUT2D eigenvalue weighted by molar-refractivity contribution is 7.89. The average Bonchev–Trinajstić information content (AvgIpc) is 2.79. The van der Waals surface area contributed by atoms with Gasteiger partial charge in [0.15, 0.2) is 5.96 Å². The molecule has 0 spiro atoms. The summed E-state index contributed by atoms with van der Waals surface area (Å²) in [6.45, 7) is 5.20. The van der Waals surface area contributed by atoms with Crippen molar-refractivity contribution >= 4 is 33.5 Å². The number of rotatable bonds is 9. The summed E-state index contributed by atoms with van der Waals surface area (Å²) in [6, 6.07) is 2.93. The van der Waals surface area contributed by atoms with Gasteiger partial charge in [-0.2, -0.15) is 4.72 Å². The third kappa shape index (κ3) is 7.08. The predicted octanol–water partition coefficient (Wildman–Crippen LogP) is 0.0879. The van der Waals surface area contributed by atoms with Crippen LogP contribution in [0.2, 0.25) is 0 Å². The van der Waals surface area contributed by atoms with Crippen molar-refractivity contribution in [3.8, 4) is 0 Å². The van der Waals surface area contributed by atoms with E-state index in [4.69, 9.17) is 11.1 Å². The van der Waals surface area contributed by atoms with Crippen molar-refractivity contribution in [2.75, 3.05) is 25.0 Å². The number of carbonyl (C=O) groups excluding carboxylic acids is 1. The van der Waals surface area contributed by atoms with Gasteiger partial charge >= 0.3 is 5.97 Å². The number of nitrogens with two attached hydrogens (primary N) is 1. The van der Waals surface area contributed by atoms with Crippen LogP contribution in [0.3, 0.4) is 0 Å². The highest BCUT2D eigenvalue weighted by Crippen LogP contribution is 2.31. The lowest BCUT2D eigenvalue weighted by Gasteiger charge is -2.38. The van der Waals surface area contributed by atoms with E-state index in [9.17, 15) is 23.1 Å². The van der Waals surface area contributed by atoms with Gasteiger partial charge in [0.25, 0.3) is 0 Å². The number of hydrogen-bond donors (Lipinski definition) is 6. The molecule has 13 heteroatoms. The summed E-state index contributed by atoms with van der Waals surface area (Å²) < 4.78 is 29.5. The Morgan fingerprint density at radius 1 is 1.31 bits per heavy atom. The van der Waals surface area contributed by atoms with Gasteiger partial charge in [0, 0.05) is 19.6 Å². The summed E-state index contributed by atoms with van der Waals surface area (Å²) in [5.41, 5.74) is 6.75. The zero-order valence-electron chi connectivity index (χ0n) is 20.7. The van der Waals surface area contributed by atoms with Crippen LogP contribution < -0.4 is 21.1 Å². The number of hydrogen-bond acceptors (Lipinski definition) is 6. The highest BCUT2D eigenvalue weighted by Gasteiger charge is 2.39. The maximum absolute atomic E-state index is 13.5. The summed E-state index contributed by atoms with van der Waals surface area (Å²) in [5.74, 6) is -1.35. The molecule has 9 N–H and O–H groups in total. The van der Waals surface area contributed by atoms with E-state index in [0.29, 0.717) is 37.4 Å². The largest absolute Gasteiger partial charge is 0.480 e. The Morgan fingerprint density at radius 2 is 2.03 bits per heavy atom. The standard InChI is InChI=1S/C23H36N6O5S.H2O/c1-14-8-10-29(18(12-14)22(31)32)21(30)17(6-4-9-26-23(24)25)28-35(33,34)19-7-3-5-16-11-15(2)13-27-20(16)19;/h3,5,7,14-15,17-18,27-28H,4,6,8-13H2,1-2H3,(H,31,32)(H4,24,25,26);1H2. The monoisotopic (exact) mass is 526 g/mol. The first-order valence-corrected chi connectivity index (χ1v) is 13.5. The highest BCUT2D eigenvalue weighted by atomic mass is 32.2. The molecule has 1 fully saturated rings. The number of benzene rings is 1. The molecular formula is C23H38N6O6S. The minimum absolute atomic E-state index is 0. The molecule has 2 aliphatic rings. The fraction of sp³-hybridized carbons (Fsp3) is 0.609. The molecule has 2 heterocycles. The van der Waals surface area contributed by atoms with E-state index in [1.807, 2.05) is 13.0 Å². The molecule has 36 heavy (non-hydrogen) atoms. The van der Waals surface area contributed by atoms with Crippen LogP contribution in [0, 0.1) is 17.2 Å². The molecule has 4 atom stereocenters. The number of nitrogens with one attached hydrogen (secondary N) is 4. The second-order valence-electron chi connectivity index (χ2n) is 9.65. The zero-order valence-corrected chi connectivity index (χ0v) is 21.5. The molecule has 0 aromatic heterocycles. The van der Waals surface area contributed by atoms with Crippen LogP contribution in [0.4, 0.5) is 5.69 Å². The van der Waals surface area contributed by atoms with E-state index in [1.165, 1.54) is 11.0 Å². The second-order valence-corrected chi connectivity index (χ2v) is 11.3. The number of piperidine rings is 1. The number of carbonyl (C=O) groups is 2. The quantitative estimate of drug-likeness (QED) is 0.147. The van der Waals surface area contributed by atoms with E-state index in [1.54, 1.807) is 6.07 Å². The minimum Gasteiger partial charge on any atom is -0.480 e. The molecule has 1 aromatic carbocycles. The third-order valence-electron chi connectivity index (χ3n) is 6.61. The van der Waals surface area contributed by atoms with Crippen molar-refractivity contribution in [3.63, 3.8) is 0 Å². The SMILES string of the molecule is CC1CNc2c(cccc2S(=O)(=O)NC(CCCNC(=N)N)C(=O)N2CCC(C)CC2C(=O)O)C1.O. The zero-order chi connectivity index (χ0) is 25.8. The Morgan fingerprint density at radius 3 is 2.69 bits per heavy atom. The number of sulfonamides is 1. The molecule has 12 nitrogen and oxygen atoms in total. The summed E-state index contributed by atoms with van der Waals surface area (Å²) >= 11 is 0. The van der Waals surface area contributed by atoms with Crippen molar-refractivity contribution in [1.82, 2.24) is 14.9 Å². The van der Waals surface area contributed by atoms with Gasteiger partial charge in [-0.15, -0.1) is 0 Å². The average molecular weight is 527 g/mol. The smallest absolute Gasteiger partial charge is 0.326 e. The number of aliphatic carboxylic acids is 1. The number of amides is 1. The maximum Gasteiger partial charge on any atom is 0.326 e. The maximum atomic E-state index is 13.5. The van der Waals surface area contributed by atoms with Gasteiger partial charge in [-0.25, -0.2) is 13.2 Å². The van der Waals surface area contributed by atoms with Gasteiger partial charge < -0.3 is 31.8 Å². The van der Waals surface area contributed by atoms with Crippen LogP contribution in [0.1, 0.15) is 45.1 Å². The molecule has 4 unspecified atom stereocenters. The Hall–Kier alpha value is -2.90. The number of fused-ring (bicyclic) bond motifs is 1. The van der Waals surface area contributed by atoms with Crippen molar-refractivity contribution in [2.24, 2.45) is 17.6 Å². The van der Waals surface area contributed by atoms with E-state index < -0.39 is 34.0 Å². The first-order valence-electron chi connectivity index (χ1n) is 12.0. The fourth-order valence-corrected chi connectivity index (χ4v) is 6.20. The summed E-state index contributed by atoms with van der Waals surface area (Å²) in [6.07, 6.45) is 2.19. The molecule has 2 aliphatic heterocycles. The summed E-state index contributed by atoms with van der Waals surface area (Å²) in [5, 5.41) is 22.8. The topological polar surface area (TPSA) is 209 Å². The van der Waals surface area contributed by atoms with Crippen LogP contribution in [0.5, 0.6) is 0 Å². The van der Waals surface area contributed by atoms with E-state index in [2.05, 4.69) is 22.3 Å². The number of carboxylic acids is 1. The van der Waals surface area contributed by atoms with Crippen LogP contribution in [0.25, 0.3) is 0 Å². The lowest BCUT2D eigenvalue weighted by molar-refractivity contribution is -0.153. The number of anilines is 1. The minimum atomic E-state index is -4.10. The Balaban J connectivity index is 0.00000456.